The molecule has 0 spiro atoms. The highest BCUT2D eigenvalue weighted by molar-refractivity contribution is 6.99. The van der Waals surface area contributed by atoms with Crippen molar-refractivity contribution in [1.82, 2.24) is 0 Å². The zero-order valence-corrected chi connectivity index (χ0v) is 43.5. The topological polar surface area (TPSA) is 18.5 Å². The second-order valence-electron chi connectivity index (χ2n) is 23.0. The maximum Gasteiger partial charge on any atom is 0.250 e. The van der Waals surface area contributed by atoms with Crippen LogP contribution < -0.4 is 25.2 Å². The van der Waals surface area contributed by atoms with Crippen molar-refractivity contribution in [2.75, 3.05) is 0 Å². The lowest BCUT2D eigenvalue weighted by molar-refractivity contribution is 0.496. The van der Waals surface area contributed by atoms with Gasteiger partial charge in [0.15, 0.2) is 0 Å². The molecule has 0 unspecified atom stereocenters. The highest BCUT2D eigenvalue weighted by Crippen LogP contribution is 2.45. The molecule has 0 aliphatic rings. The summed E-state index contributed by atoms with van der Waals surface area (Å²) in [6.07, 6.45) is 0. The molecule has 0 aliphatic heterocycles. The second kappa shape index (κ2) is 15.4. The third-order valence-corrected chi connectivity index (χ3v) is 24.4. The first-order valence-electron chi connectivity index (χ1n) is 24.0. The summed E-state index contributed by atoms with van der Waals surface area (Å²) in [4.78, 5) is 0. The van der Waals surface area contributed by atoms with Gasteiger partial charge in [0.05, 0.1) is 0 Å². The molecule has 0 fully saturated rings. The molecule has 0 saturated heterocycles. The smallest absolute Gasteiger partial charge is 0.250 e. The summed E-state index contributed by atoms with van der Waals surface area (Å²) >= 11 is 0. The minimum Gasteiger partial charge on any atom is -0.543 e. The van der Waals surface area contributed by atoms with Crippen LogP contribution in [0.5, 0.6) is 11.5 Å². The Kier molecular flexibility index (Phi) is 10.7. The van der Waals surface area contributed by atoms with E-state index in [0.29, 0.717) is 17.8 Å². The van der Waals surface area contributed by atoms with Gasteiger partial charge in [-0.2, -0.15) is 0 Å². The fourth-order valence-corrected chi connectivity index (χ4v) is 12.0. The first-order valence-corrected chi connectivity index (χ1v) is 29.8. The third kappa shape index (κ3) is 7.12. The summed E-state index contributed by atoms with van der Waals surface area (Å²) < 4.78 is 14.3. The van der Waals surface area contributed by atoms with Crippen molar-refractivity contribution in [3.8, 4) is 11.5 Å². The van der Waals surface area contributed by atoms with Crippen molar-refractivity contribution < 1.29 is 8.85 Å². The molecule has 0 atom stereocenters. The Bertz CT molecular complexity index is 3020. The van der Waals surface area contributed by atoms with E-state index in [2.05, 4.69) is 218 Å². The van der Waals surface area contributed by atoms with Crippen molar-refractivity contribution >= 4 is 104 Å². The average Bonchev–Trinajstić information content (AvgIpc) is 3.22. The van der Waals surface area contributed by atoms with Crippen molar-refractivity contribution in [3.05, 3.63) is 126 Å². The predicted molar refractivity (Wildman–Crippen MR) is 289 cm³/mol. The zero-order valence-electron chi connectivity index (χ0n) is 41.5. The summed E-state index contributed by atoms with van der Waals surface area (Å²) in [5.41, 5.74) is 8.50. The van der Waals surface area contributed by atoms with Crippen molar-refractivity contribution in [2.45, 2.75) is 137 Å². The standard InChI is InChI=1S/C59H69BO2Si2/c1-35(2)42-33-47(36(3)4)57(48(34-42)37(5)6)60(49-29-21-38-19-27-45-51(61-63(13,14)58(7,8)9)31-23-40-17-25-43(49)53(38)55(40)45)50-30-22-39-20-28-46-52(62-64(15,16)59(10,11)12)32-24-41-18-26-44(50)54(39)56(41)46/h17-37H,1-16H3. The maximum atomic E-state index is 7.14. The van der Waals surface area contributed by atoms with Gasteiger partial charge in [-0.15, -0.1) is 0 Å². The van der Waals surface area contributed by atoms with E-state index in [1.165, 1.54) is 97.7 Å². The number of rotatable bonds is 10. The summed E-state index contributed by atoms with van der Waals surface area (Å²) in [6.45, 7) is 37.6. The van der Waals surface area contributed by atoms with Crippen LogP contribution in [-0.4, -0.2) is 23.3 Å². The lowest BCUT2D eigenvalue weighted by atomic mass is 9.33. The van der Waals surface area contributed by atoms with Crippen LogP contribution in [0.15, 0.2) is 109 Å². The highest BCUT2D eigenvalue weighted by atomic mass is 28.4. The molecule has 0 saturated carbocycles. The van der Waals surface area contributed by atoms with E-state index in [9.17, 15) is 0 Å². The first-order chi connectivity index (χ1) is 30.0. The Morgan fingerprint density at radius 3 is 1.05 bits per heavy atom. The van der Waals surface area contributed by atoms with Crippen molar-refractivity contribution in [2.24, 2.45) is 0 Å². The fourth-order valence-electron chi connectivity index (χ4n) is 9.95. The third-order valence-electron chi connectivity index (χ3n) is 15.7. The van der Waals surface area contributed by atoms with E-state index >= 15 is 0 Å². The normalized spacial score (nSPS) is 13.4. The molecule has 0 heterocycles. The largest absolute Gasteiger partial charge is 0.543 e. The molecule has 0 amide bonds. The molecule has 5 heteroatoms. The number of hydrogen-bond donors (Lipinski definition) is 0. The minimum atomic E-state index is -2.11. The van der Waals surface area contributed by atoms with Gasteiger partial charge in [0.1, 0.15) is 11.5 Å². The van der Waals surface area contributed by atoms with E-state index in [1.54, 1.807) is 0 Å². The van der Waals surface area contributed by atoms with Gasteiger partial charge in [0.2, 0.25) is 6.71 Å². The van der Waals surface area contributed by atoms with Gasteiger partial charge >= 0.3 is 0 Å². The van der Waals surface area contributed by atoms with Gasteiger partial charge in [-0.05, 0) is 126 Å². The SMILES string of the molecule is CC(C)c1cc(C(C)C)c(B(c2ccc3ccc4c(O[Si](C)(C)C(C)(C)C)ccc5ccc2c3c54)c2ccc3ccc4c(O[Si](C)(C)C(C)(C)C)ccc5ccc2c3c54)c(C(C)C)c1. The molecule has 0 aliphatic carbocycles. The zero-order chi connectivity index (χ0) is 46.0. The van der Waals surface area contributed by atoms with E-state index in [0.717, 1.165) is 11.5 Å². The fraction of sp³-hybridized carbons (Fsp3) is 0.356. The first kappa shape index (κ1) is 44.4. The molecular formula is C59H69BO2Si2. The van der Waals surface area contributed by atoms with Crippen LogP contribution in [0.3, 0.4) is 0 Å². The summed E-state index contributed by atoms with van der Waals surface area (Å²) in [7, 11) is -4.22. The van der Waals surface area contributed by atoms with Crippen LogP contribution in [-0.2, 0) is 0 Å². The molecule has 9 aromatic rings. The van der Waals surface area contributed by atoms with Crippen LogP contribution in [0, 0.1) is 0 Å². The van der Waals surface area contributed by atoms with Crippen LogP contribution in [0.25, 0.3) is 64.6 Å². The van der Waals surface area contributed by atoms with Crippen LogP contribution in [0.4, 0.5) is 0 Å². The Morgan fingerprint density at radius 1 is 0.406 bits per heavy atom. The molecule has 64 heavy (non-hydrogen) atoms. The highest BCUT2D eigenvalue weighted by Gasteiger charge is 2.41. The average molecular weight is 877 g/mol. The van der Waals surface area contributed by atoms with Crippen LogP contribution in [0.1, 0.15) is 118 Å². The predicted octanol–water partition coefficient (Wildman–Crippen LogP) is 16.1. The summed E-state index contributed by atoms with van der Waals surface area (Å²) in [6, 6.07) is 42.7. The molecule has 328 valence electrons. The molecule has 9 rings (SSSR count). The van der Waals surface area contributed by atoms with Crippen LogP contribution in [0.2, 0.25) is 36.3 Å². The Morgan fingerprint density at radius 2 is 0.719 bits per heavy atom. The van der Waals surface area contributed by atoms with E-state index < -0.39 is 16.6 Å². The van der Waals surface area contributed by atoms with E-state index in [4.69, 9.17) is 8.85 Å². The lowest BCUT2D eigenvalue weighted by Crippen LogP contribution is -2.55. The van der Waals surface area contributed by atoms with Gasteiger partial charge < -0.3 is 8.85 Å². The van der Waals surface area contributed by atoms with Gasteiger partial charge in [-0.3, -0.25) is 0 Å². The van der Waals surface area contributed by atoms with E-state index in [-0.39, 0.29) is 16.8 Å². The lowest BCUT2D eigenvalue weighted by Gasteiger charge is -2.37. The molecule has 0 aromatic heterocycles. The Labute approximate surface area is 385 Å². The summed E-state index contributed by atoms with van der Waals surface area (Å²) in [5, 5.41) is 15.6. The monoisotopic (exact) mass is 876 g/mol. The molecule has 9 aromatic carbocycles. The van der Waals surface area contributed by atoms with Gasteiger partial charge in [0.25, 0.3) is 16.6 Å². The van der Waals surface area contributed by atoms with Gasteiger partial charge in [-0.1, -0.05) is 197 Å². The molecule has 0 radical (unpaired) electrons. The van der Waals surface area contributed by atoms with Gasteiger partial charge in [-0.25, -0.2) is 0 Å². The minimum absolute atomic E-state index is 0.0314. The van der Waals surface area contributed by atoms with Gasteiger partial charge in [0, 0.05) is 21.5 Å². The summed E-state index contributed by atoms with van der Waals surface area (Å²) in [5.74, 6) is 3.11. The Hall–Kier alpha value is -4.84. The molecule has 0 N–H and O–H groups in total. The molecular weight excluding hydrogens is 808 g/mol. The Balaban J connectivity index is 1.39. The molecule has 2 nitrogen and oxygen atoms in total. The van der Waals surface area contributed by atoms with E-state index in [1.807, 2.05) is 0 Å². The second-order valence-corrected chi connectivity index (χ2v) is 32.5. The quantitative estimate of drug-likeness (QED) is 0.101. The van der Waals surface area contributed by atoms with Crippen LogP contribution >= 0.6 is 0 Å². The van der Waals surface area contributed by atoms with Crippen molar-refractivity contribution in [1.29, 1.82) is 0 Å². The number of benzene rings is 9. The number of hydrogen-bond acceptors (Lipinski definition) is 2. The molecule has 0 bridgehead atoms. The maximum absolute atomic E-state index is 7.14. The van der Waals surface area contributed by atoms with Crippen molar-refractivity contribution in [3.63, 3.8) is 0 Å².